The maximum Gasteiger partial charge on any atom is 0.416 e. The number of hydrogen-bond donors (Lipinski definition) is 1. The van der Waals surface area contributed by atoms with Crippen LogP contribution in [-0.4, -0.2) is 58.2 Å². The normalized spacial score (nSPS) is 21.0. The van der Waals surface area contributed by atoms with Crippen molar-refractivity contribution in [3.05, 3.63) is 52.3 Å². The van der Waals surface area contributed by atoms with Gasteiger partial charge in [-0.3, -0.25) is 14.8 Å². The van der Waals surface area contributed by atoms with Crippen LogP contribution in [0.25, 0.3) is 0 Å². The minimum absolute atomic E-state index is 0.137. The van der Waals surface area contributed by atoms with Gasteiger partial charge < -0.3 is 9.64 Å². The van der Waals surface area contributed by atoms with Gasteiger partial charge in [-0.05, 0) is 30.4 Å². The van der Waals surface area contributed by atoms with Crippen molar-refractivity contribution < 1.29 is 22.7 Å². The van der Waals surface area contributed by atoms with Gasteiger partial charge in [-0.15, -0.1) is 0 Å². The number of aromatic nitrogens is 2. The number of amides is 1. The second-order valence-corrected chi connectivity index (χ2v) is 8.28. The van der Waals surface area contributed by atoms with Crippen molar-refractivity contribution in [3.8, 4) is 0 Å². The first-order valence-electron chi connectivity index (χ1n) is 10.2. The molecule has 1 N–H and O–H groups in total. The largest absolute Gasteiger partial charge is 0.416 e. The number of hydrogen-bond acceptors (Lipinski definition) is 4. The smallest absolute Gasteiger partial charge is 0.378 e. The van der Waals surface area contributed by atoms with Crippen LogP contribution in [0.4, 0.5) is 13.2 Å². The number of nitrogens with one attached hydrogen (secondary N) is 1. The van der Waals surface area contributed by atoms with E-state index in [1.54, 1.807) is 17.0 Å². The number of ether oxygens (including phenoxy) is 1. The third-order valence-electron chi connectivity index (χ3n) is 6.50. The molecule has 2 saturated heterocycles. The van der Waals surface area contributed by atoms with Gasteiger partial charge in [-0.2, -0.15) is 18.3 Å². The predicted molar refractivity (Wildman–Crippen MR) is 102 cm³/mol. The summed E-state index contributed by atoms with van der Waals surface area (Å²) in [5, 5.41) is 7.24. The number of alkyl halides is 3. The standard InChI is InChI=1S/C21H23F3N4O2/c22-21(23,24)17-4-2-1-3-15(17)13-5-7-27(8-6-13)20(29)19-16-9-28(14-11-30-12-14)10-18(16)25-26-19/h1-4,13-14H,5-12H2,(H,25,26). The molecule has 4 heterocycles. The number of rotatable bonds is 3. The fourth-order valence-electron chi connectivity index (χ4n) is 4.69. The number of likely N-dealkylation sites (tertiary alicyclic amines) is 1. The predicted octanol–water partition coefficient (Wildman–Crippen LogP) is 3.16. The Hall–Kier alpha value is -2.39. The van der Waals surface area contributed by atoms with E-state index in [0.29, 0.717) is 63.0 Å². The van der Waals surface area contributed by atoms with Crippen LogP contribution >= 0.6 is 0 Å². The van der Waals surface area contributed by atoms with Crippen LogP contribution in [-0.2, 0) is 24.0 Å². The van der Waals surface area contributed by atoms with Crippen LogP contribution in [0, 0.1) is 0 Å². The lowest BCUT2D eigenvalue weighted by atomic mass is 9.86. The fourth-order valence-corrected chi connectivity index (χ4v) is 4.69. The van der Waals surface area contributed by atoms with E-state index in [1.807, 2.05) is 0 Å². The van der Waals surface area contributed by atoms with E-state index < -0.39 is 11.7 Å². The highest BCUT2D eigenvalue weighted by atomic mass is 19.4. The molecule has 0 aliphatic carbocycles. The van der Waals surface area contributed by atoms with E-state index in [2.05, 4.69) is 15.1 Å². The molecule has 1 aromatic heterocycles. The summed E-state index contributed by atoms with van der Waals surface area (Å²) in [6.07, 6.45) is -3.34. The van der Waals surface area contributed by atoms with E-state index in [0.717, 1.165) is 23.9 Å². The zero-order chi connectivity index (χ0) is 20.9. The van der Waals surface area contributed by atoms with E-state index in [-0.39, 0.29) is 11.8 Å². The summed E-state index contributed by atoms with van der Waals surface area (Å²) < 4.78 is 45.3. The van der Waals surface area contributed by atoms with Gasteiger partial charge in [0, 0.05) is 31.7 Å². The summed E-state index contributed by atoms with van der Waals surface area (Å²) in [7, 11) is 0. The highest BCUT2D eigenvalue weighted by Gasteiger charge is 2.38. The van der Waals surface area contributed by atoms with Crippen LogP contribution in [0.15, 0.2) is 24.3 Å². The minimum atomic E-state index is -4.36. The van der Waals surface area contributed by atoms with Crippen molar-refractivity contribution in [2.24, 2.45) is 0 Å². The molecule has 0 saturated carbocycles. The maximum absolute atomic E-state index is 13.4. The molecule has 1 aromatic carbocycles. The molecular weight excluding hydrogens is 397 g/mol. The van der Waals surface area contributed by atoms with E-state index in [9.17, 15) is 18.0 Å². The Morgan fingerprint density at radius 2 is 1.87 bits per heavy atom. The Morgan fingerprint density at radius 3 is 2.53 bits per heavy atom. The molecule has 2 aromatic rings. The van der Waals surface area contributed by atoms with Crippen molar-refractivity contribution >= 4 is 5.91 Å². The fraction of sp³-hybridized carbons (Fsp3) is 0.524. The number of halogens is 3. The summed E-state index contributed by atoms with van der Waals surface area (Å²) in [4.78, 5) is 17.1. The number of piperidine rings is 1. The first kappa shape index (κ1) is 19.6. The number of benzene rings is 1. The van der Waals surface area contributed by atoms with Gasteiger partial charge in [0.2, 0.25) is 0 Å². The van der Waals surface area contributed by atoms with Crippen LogP contribution in [0.1, 0.15) is 51.6 Å². The minimum Gasteiger partial charge on any atom is -0.378 e. The topological polar surface area (TPSA) is 61.5 Å². The van der Waals surface area contributed by atoms with Crippen LogP contribution in [0.3, 0.4) is 0 Å². The van der Waals surface area contributed by atoms with Crippen LogP contribution in [0.5, 0.6) is 0 Å². The quantitative estimate of drug-likeness (QED) is 0.829. The number of carbonyl (C=O) groups excluding carboxylic acids is 1. The summed E-state index contributed by atoms with van der Waals surface area (Å²) >= 11 is 0. The van der Waals surface area contributed by atoms with Crippen LogP contribution < -0.4 is 0 Å². The zero-order valence-electron chi connectivity index (χ0n) is 16.4. The molecule has 6 nitrogen and oxygen atoms in total. The lowest BCUT2D eigenvalue weighted by Crippen LogP contribution is -2.46. The molecule has 2 fully saturated rings. The average Bonchev–Trinajstić information content (AvgIpc) is 3.26. The van der Waals surface area contributed by atoms with Crippen molar-refractivity contribution in [1.29, 1.82) is 0 Å². The number of H-pyrrole nitrogens is 1. The Kier molecular flexibility index (Phi) is 4.82. The Bertz CT molecular complexity index is 946. The molecule has 0 bridgehead atoms. The van der Waals surface area contributed by atoms with Gasteiger partial charge in [-0.1, -0.05) is 18.2 Å². The third-order valence-corrected chi connectivity index (χ3v) is 6.50. The van der Waals surface area contributed by atoms with Gasteiger partial charge in [0.05, 0.1) is 30.5 Å². The molecule has 30 heavy (non-hydrogen) atoms. The molecule has 0 spiro atoms. The Labute approximate surface area is 172 Å². The first-order chi connectivity index (χ1) is 14.4. The summed E-state index contributed by atoms with van der Waals surface area (Å²) in [6.45, 7) is 3.70. The molecule has 9 heteroatoms. The number of nitrogens with zero attached hydrogens (tertiary/aromatic N) is 3. The lowest BCUT2D eigenvalue weighted by Gasteiger charge is -2.34. The van der Waals surface area contributed by atoms with Crippen LogP contribution in [0.2, 0.25) is 0 Å². The van der Waals surface area contributed by atoms with Gasteiger partial charge >= 0.3 is 6.18 Å². The van der Waals surface area contributed by atoms with E-state index >= 15 is 0 Å². The monoisotopic (exact) mass is 420 g/mol. The van der Waals surface area contributed by atoms with Crippen molar-refractivity contribution in [3.63, 3.8) is 0 Å². The Morgan fingerprint density at radius 1 is 1.13 bits per heavy atom. The molecular formula is C21H23F3N4O2. The molecule has 5 rings (SSSR count). The second kappa shape index (κ2) is 7.39. The SMILES string of the molecule is O=C(c1n[nH]c2c1CN(C1COC1)C2)N1CCC(c2ccccc2C(F)(F)F)CC1. The average molecular weight is 420 g/mol. The van der Waals surface area contributed by atoms with Crippen molar-refractivity contribution in [2.75, 3.05) is 26.3 Å². The van der Waals surface area contributed by atoms with Crippen molar-refractivity contribution in [2.45, 2.75) is 44.1 Å². The van der Waals surface area contributed by atoms with Gasteiger partial charge in [0.1, 0.15) is 0 Å². The summed E-state index contributed by atoms with van der Waals surface area (Å²) in [6, 6.07) is 6.15. The number of carbonyl (C=O) groups is 1. The molecule has 0 atom stereocenters. The molecule has 3 aliphatic heterocycles. The highest BCUT2D eigenvalue weighted by Crippen LogP contribution is 2.39. The number of fused-ring (bicyclic) bond motifs is 1. The maximum atomic E-state index is 13.4. The first-order valence-corrected chi connectivity index (χ1v) is 10.2. The van der Waals surface area contributed by atoms with Gasteiger partial charge in [-0.25, -0.2) is 0 Å². The molecule has 0 unspecified atom stereocenters. The Balaban J connectivity index is 1.26. The van der Waals surface area contributed by atoms with Gasteiger partial charge in [0.15, 0.2) is 5.69 Å². The lowest BCUT2D eigenvalue weighted by molar-refractivity contribution is -0.138. The molecule has 160 valence electrons. The summed E-state index contributed by atoms with van der Waals surface area (Å²) in [5.41, 5.74) is 2.12. The third kappa shape index (κ3) is 3.39. The molecule has 3 aliphatic rings. The highest BCUT2D eigenvalue weighted by molar-refractivity contribution is 5.94. The summed E-state index contributed by atoms with van der Waals surface area (Å²) in [5.74, 6) is -0.340. The second-order valence-electron chi connectivity index (χ2n) is 8.28. The van der Waals surface area contributed by atoms with Gasteiger partial charge in [0.25, 0.3) is 5.91 Å². The molecule has 0 radical (unpaired) electrons. The van der Waals surface area contributed by atoms with E-state index in [1.165, 1.54) is 6.07 Å². The van der Waals surface area contributed by atoms with E-state index in [4.69, 9.17) is 4.74 Å². The van der Waals surface area contributed by atoms with Crippen molar-refractivity contribution in [1.82, 2.24) is 20.0 Å². The number of aromatic amines is 1. The molecule has 1 amide bonds. The zero-order valence-corrected chi connectivity index (χ0v) is 16.4.